The van der Waals surface area contributed by atoms with Crippen LogP contribution in [0.2, 0.25) is 0 Å². The topological polar surface area (TPSA) is 61.9 Å². The molecule has 0 aliphatic carbocycles. The molecule has 0 spiro atoms. The number of carbonyl (C=O) groups is 2. The van der Waals surface area contributed by atoms with Gasteiger partial charge in [0.05, 0.1) is 18.2 Å². The van der Waals surface area contributed by atoms with Crippen molar-refractivity contribution in [3.05, 3.63) is 59.7 Å². The van der Waals surface area contributed by atoms with Crippen molar-refractivity contribution >= 4 is 23.3 Å². The highest BCUT2D eigenvalue weighted by Crippen LogP contribution is 2.20. The fourth-order valence-electron chi connectivity index (χ4n) is 2.99. The minimum Gasteiger partial charge on any atom is -0.465 e. The van der Waals surface area contributed by atoms with Crippen molar-refractivity contribution in [1.29, 1.82) is 0 Å². The average Bonchev–Trinajstić information content (AvgIpc) is 2.68. The lowest BCUT2D eigenvalue weighted by atomic mass is 10.1. The summed E-state index contributed by atoms with van der Waals surface area (Å²) in [6.07, 6.45) is 0. The normalized spacial score (nSPS) is 14.8. The molecule has 0 aromatic heterocycles. The van der Waals surface area contributed by atoms with E-state index in [0.717, 1.165) is 31.9 Å². The second-order valence-corrected chi connectivity index (χ2v) is 6.33. The van der Waals surface area contributed by atoms with Crippen LogP contribution in [-0.4, -0.2) is 57.1 Å². The molecule has 6 nitrogen and oxygen atoms in total. The van der Waals surface area contributed by atoms with E-state index < -0.39 is 5.97 Å². The maximum Gasteiger partial charge on any atom is 0.338 e. The fraction of sp³-hybridized carbons (Fsp3) is 0.300. The van der Waals surface area contributed by atoms with Crippen molar-refractivity contribution < 1.29 is 14.3 Å². The number of piperazine rings is 1. The highest BCUT2D eigenvalue weighted by Gasteiger charge is 2.18. The molecule has 1 amide bonds. The molecule has 2 aromatic rings. The number of methoxy groups -OCH3 is 1. The molecule has 0 unspecified atom stereocenters. The summed E-state index contributed by atoms with van der Waals surface area (Å²) in [6.45, 7) is 4.08. The van der Waals surface area contributed by atoms with Crippen LogP contribution < -0.4 is 10.2 Å². The zero-order valence-electron chi connectivity index (χ0n) is 15.1. The SMILES string of the molecule is COC(=O)c1ccccc1C(=O)Nc1ccc(N2CCN(C)CC2)cc1. The van der Waals surface area contributed by atoms with Gasteiger partial charge in [-0.15, -0.1) is 0 Å². The van der Waals surface area contributed by atoms with Gasteiger partial charge in [0.1, 0.15) is 0 Å². The molecule has 1 heterocycles. The number of nitrogens with one attached hydrogen (secondary N) is 1. The van der Waals surface area contributed by atoms with Crippen LogP contribution in [0.15, 0.2) is 48.5 Å². The molecule has 1 aliphatic rings. The molecule has 0 bridgehead atoms. The van der Waals surface area contributed by atoms with Gasteiger partial charge in [0.15, 0.2) is 0 Å². The van der Waals surface area contributed by atoms with Crippen LogP contribution in [0.4, 0.5) is 11.4 Å². The van der Waals surface area contributed by atoms with E-state index in [1.165, 1.54) is 7.11 Å². The van der Waals surface area contributed by atoms with Gasteiger partial charge in [-0.1, -0.05) is 12.1 Å². The van der Waals surface area contributed by atoms with E-state index in [1.807, 2.05) is 24.3 Å². The van der Waals surface area contributed by atoms with E-state index in [-0.39, 0.29) is 11.5 Å². The second-order valence-electron chi connectivity index (χ2n) is 6.33. The number of benzene rings is 2. The van der Waals surface area contributed by atoms with Crippen molar-refractivity contribution in [3.8, 4) is 0 Å². The Balaban J connectivity index is 1.70. The van der Waals surface area contributed by atoms with Crippen LogP contribution in [0.1, 0.15) is 20.7 Å². The number of ether oxygens (including phenoxy) is 1. The van der Waals surface area contributed by atoms with Crippen LogP contribution in [-0.2, 0) is 4.74 Å². The first-order valence-corrected chi connectivity index (χ1v) is 8.61. The smallest absolute Gasteiger partial charge is 0.338 e. The maximum atomic E-state index is 12.5. The van der Waals surface area contributed by atoms with Crippen LogP contribution in [0, 0.1) is 0 Å². The van der Waals surface area contributed by atoms with Gasteiger partial charge in [-0.25, -0.2) is 4.79 Å². The molecule has 0 saturated carbocycles. The number of rotatable bonds is 4. The number of carbonyl (C=O) groups excluding carboxylic acids is 2. The maximum absolute atomic E-state index is 12.5. The molecule has 136 valence electrons. The molecular weight excluding hydrogens is 330 g/mol. The second kappa shape index (κ2) is 8.01. The van der Waals surface area contributed by atoms with Gasteiger partial charge in [-0.3, -0.25) is 4.79 Å². The summed E-state index contributed by atoms with van der Waals surface area (Å²) in [5, 5.41) is 2.84. The van der Waals surface area contributed by atoms with Crippen LogP contribution in [0.3, 0.4) is 0 Å². The number of anilines is 2. The number of esters is 1. The lowest BCUT2D eigenvalue weighted by Gasteiger charge is -2.34. The molecule has 1 saturated heterocycles. The molecule has 0 radical (unpaired) electrons. The summed E-state index contributed by atoms with van der Waals surface area (Å²) in [5.41, 5.74) is 2.38. The van der Waals surface area contributed by atoms with Crippen molar-refractivity contribution in [3.63, 3.8) is 0 Å². The summed E-state index contributed by atoms with van der Waals surface area (Å²) in [4.78, 5) is 29.0. The van der Waals surface area contributed by atoms with Crippen molar-refractivity contribution in [1.82, 2.24) is 4.90 Å². The highest BCUT2D eigenvalue weighted by molar-refractivity contribution is 6.11. The minimum atomic E-state index is -0.527. The van der Waals surface area contributed by atoms with Gasteiger partial charge < -0.3 is 19.9 Å². The van der Waals surface area contributed by atoms with Gasteiger partial charge in [-0.2, -0.15) is 0 Å². The number of hydrogen-bond acceptors (Lipinski definition) is 5. The largest absolute Gasteiger partial charge is 0.465 e. The number of hydrogen-bond donors (Lipinski definition) is 1. The molecule has 1 fully saturated rings. The van der Waals surface area contributed by atoms with Crippen LogP contribution in [0.25, 0.3) is 0 Å². The summed E-state index contributed by atoms with van der Waals surface area (Å²) in [5.74, 6) is -0.862. The Morgan fingerprint density at radius 3 is 2.15 bits per heavy atom. The Kier molecular flexibility index (Phi) is 5.53. The molecular formula is C20H23N3O3. The van der Waals surface area contributed by atoms with E-state index in [0.29, 0.717) is 11.3 Å². The van der Waals surface area contributed by atoms with E-state index in [2.05, 4.69) is 22.2 Å². The first kappa shape index (κ1) is 17.9. The summed E-state index contributed by atoms with van der Waals surface area (Å²) < 4.78 is 4.74. The van der Waals surface area contributed by atoms with E-state index in [1.54, 1.807) is 24.3 Å². The predicted molar refractivity (Wildman–Crippen MR) is 102 cm³/mol. The number of nitrogens with zero attached hydrogens (tertiary/aromatic N) is 2. The molecule has 3 rings (SSSR count). The Bertz CT molecular complexity index is 781. The Labute approximate surface area is 153 Å². The highest BCUT2D eigenvalue weighted by atomic mass is 16.5. The summed E-state index contributed by atoms with van der Waals surface area (Å²) in [7, 11) is 3.43. The zero-order valence-corrected chi connectivity index (χ0v) is 15.1. The average molecular weight is 353 g/mol. The summed E-state index contributed by atoms with van der Waals surface area (Å²) >= 11 is 0. The third kappa shape index (κ3) is 4.03. The standard InChI is InChI=1S/C20H23N3O3/c1-22-11-13-23(14-12-22)16-9-7-15(8-10-16)21-19(24)17-5-3-4-6-18(17)20(25)26-2/h3-10H,11-14H2,1-2H3,(H,21,24). The number of likely N-dealkylation sites (N-methyl/N-ethyl adjacent to an activating group) is 1. The van der Waals surface area contributed by atoms with Crippen LogP contribution >= 0.6 is 0 Å². The van der Waals surface area contributed by atoms with Gasteiger partial charge in [0, 0.05) is 37.6 Å². The molecule has 6 heteroatoms. The molecule has 1 aliphatic heterocycles. The fourth-order valence-corrected chi connectivity index (χ4v) is 2.99. The van der Waals surface area contributed by atoms with E-state index >= 15 is 0 Å². The summed E-state index contributed by atoms with van der Waals surface area (Å²) in [6, 6.07) is 14.4. The van der Waals surface area contributed by atoms with E-state index in [4.69, 9.17) is 4.74 Å². The molecule has 2 aromatic carbocycles. The Hall–Kier alpha value is -2.86. The lowest BCUT2D eigenvalue weighted by Crippen LogP contribution is -2.44. The van der Waals surface area contributed by atoms with Gasteiger partial charge in [0.2, 0.25) is 0 Å². The lowest BCUT2D eigenvalue weighted by molar-refractivity contribution is 0.0597. The Morgan fingerprint density at radius 2 is 1.54 bits per heavy atom. The first-order valence-electron chi connectivity index (χ1n) is 8.61. The Morgan fingerprint density at radius 1 is 0.923 bits per heavy atom. The molecule has 26 heavy (non-hydrogen) atoms. The van der Waals surface area contributed by atoms with Crippen molar-refractivity contribution in [2.24, 2.45) is 0 Å². The quantitative estimate of drug-likeness (QED) is 0.856. The minimum absolute atomic E-state index is 0.251. The van der Waals surface area contributed by atoms with Gasteiger partial charge >= 0.3 is 5.97 Å². The molecule has 1 N–H and O–H groups in total. The zero-order chi connectivity index (χ0) is 18.5. The van der Waals surface area contributed by atoms with Crippen LogP contribution in [0.5, 0.6) is 0 Å². The third-order valence-electron chi connectivity index (χ3n) is 4.57. The first-order chi connectivity index (χ1) is 12.6. The van der Waals surface area contributed by atoms with Gasteiger partial charge in [-0.05, 0) is 43.4 Å². The number of amides is 1. The van der Waals surface area contributed by atoms with Gasteiger partial charge in [0.25, 0.3) is 5.91 Å². The van der Waals surface area contributed by atoms with Crippen molar-refractivity contribution in [2.45, 2.75) is 0 Å². The molecule has 0 atom stereocenters. The van der Waals surface area contributed by atoms with Crippen molar-refractivity contribution in [2.75, 3.05) is 50.6 Å². The predicted octanol–water partition coefficient (Wildman–Crippen LogP) is 2.48. The third-order valence-corrected chi connectivity index (χ3v) is 4.57. The monoisotopic (exact) mass is 353 g/mol. The van der Waals surface area contributed by atoms with E-state index in [9.17, 15) is 9.59 Å².